The molecule has 2 atom stereocenters. The van der Waals surface area contributed by atoms with E-state index in [1.54, 1.807) is 17.3 Å². The number of likely N-dealkylation sites (N-methyl/N-ethyl adjacent to an activating group) is 1. The summed E-state index contributed by atoms with van der Waals surface area (Å²) in [5, 5.41) is 3.09. The number of para-hydroxylation sites is 1. The third kappa shape index (κ3) is 4.58. The lowest BCUT2D eigenvalue weighted by molar-refractivity contribution is -0.132. The first-order valence-electron chi connectivity index (χ1n) is 9.92. The van der Waals surface area contributed by atoms with Gasteiger partial charge in [-0.15, -0.1) is 0 Å². The summed E-state index contributed by atoms with van der Waals surface area (Å²) >= 11 is 0. The Hall–Kier alpha value is -2.69. The summed E-state index contributed by atoms with van der Waals surface area (Å²) in [4.78, 5) is 31.1. The van der Waals surface area contributed by atoms with E-state index in [1.165, 1.54) is 0 Å². The molecule has 5 nitrogen and oxygen atoms in total. The highest BCUT2D eigenvalue weighted by molar-refractivity contribution is 6.00. The Bertz CT molecular complexity index is 848. The van der Waals surface area contributed by atoms with Gasteiger partial charge in [-0.3, -0.25) is 14.6 Å². The van der Waals surface area contributed by atoms with Gasteiger partial charge in [0.15, 0.2) is 0 Å². The summed E-state index contributed by atoms with van der Waals surface area (Å²) in [5.41, 5.74) is 4.23. The molecule has 1 aromatic carbocycles. The zero-order valence-electron chi connectivity index (χ0n) is 17.1. The van der Waals surface area contributed by atoms with Crippen LogP contribution in [-0.4, -0.2) is 35.3 Å². The maximum Gasteiger partial charge on any atom is 0.228 e. The third-order valence-corrected chi connectivity index (χ3v) is 5.48. The lowest BCUT2D eigenvalue weighted by Gasteiger charge is -2.18. The van der Waals surface area contributed by atoms with Crippen molar-refractivity contribution in [1.29, 1.82) is 0 Å². The Labute approximate surface area is 167 Å². The molecule has 2 aromatic rings. The zero-order chi connectivity index (χ0) is 20.3. The van der Waals surface area contributed by atoms with E-state index in [2.05, 4.69) is 30.2 Å². The normalized spacial score (nSPS) is 18.0. The van der Waals surface area contributed by atoms with Crippen LogP contribution in [0.3, 0.4) is 0 Å². The summed E-state index contributed by atoms with van der Waals surface area (Å²) < 4.78 is 0. The Balaban J connectivity index is 1.56. The molecule has 1 fully saturated rings. The fraction of sp³-hybridized carbons (Fsp3) is 0.435. The predicted octanol–water partition coefficient (Wildman–Crippen LogP) is 3.79. The number of hydrogen-bond donors (Lipinski definition) is 1. The minimum Gasteiger partial charge on any atom is -0.345 e. The number of aromatic nitrogens is 1. The number of nitrogens with one attached hydrogen (secondary N) is 1. The number of benzene rings is 1. The van der Waals surface area contributed by atoms with Gasteiger partial charge in [0, 0.05) is 31.7 Å². The summed E-state index contributed by atoms with van der Waals surface area (Å²) in [5.74, 6) is -0.0873. The lowest BCUT2D eigenvalue weighted by atomic mass is 9.98. The van der Waals surface area contributed by atoms with E-state index in [0.29, 0.717) is 18.9 Å². The van der Waals surface area contributed by atoms with E-state index < -0.39 is 0 Å². The monoisotopic (exact) mass is 379 g/mol. The second-order valence-corrected chi connectivity index (χ2v) is 8.00. The van der Waals surface area contributed by atoms with Gasteiger partial charge in [0.1, 0.15) is 0 Å². The molecule has 2 unspecified atom stereocenters. The van der Waals surface area contributed by atoms with E-state index >= 15 is 0 Å². The second-order valence-electron chi connectivity index (χ2n) is 8.00. The predicted molar refractivity (Wildman–Crippen MR) is 111 cm³/mol. The maximum absolute atomic E-state index is 12.7. The Morgan fingerprint density at radius 2 is 1.89 bits per heavy atom. The van der Waals surface area contributed by atoms with Crippen LogP contribution >= 0.6 is 0 Å². The Kier molecular flexibility index (Phi) is 6.12. The topological polar surface area (TPSA) is 62.3 Å². The number of aryl methyl sites for hydroxylation is 1. The van der Waals surface area contributed by atoms with Gasteiger partial charge in [0.05, 0.1) is 11.8 Å². The molecule has 148 valence electrons. The van der Waals surface area contributed by atoms with Crippen LogP contribution in [0.15, 0.2) is 42.7 Å². The summed E-state index contributed by atoms with van der Waals surface area (Å²) in [6.07, 6.45) is 4.94. The van der Waals surface area contributed by atoms with Crippen LogP contribution in [-0.2, 0) is 16.0 Å². The molecule has 1 heterocycles. The highest BCUT2D eigenvalue weighted by Crippen LogP contribution is 2.41. The van der Waals surface area contributed by atoms with E-state index in [4.69, 9.17) is 0 Å². The molecule has 28 heavy (non-hydrogen) atoms. The third-order valence-electron chi connectivity index (χ3n) is 5.48. The molecule has 1 N–H and O–H groups in total. The molecule has 5 heteroatoms. The first-order valence-corrected chi connectivity index (χ1v) is 9.92. The van der Waals surface area contributed by atoms with Gasteiger partial charge in [-0.25, -0.2) is 0 Å². The van der Waals surface area contributed by atoms with Crippen molar-refractivity contribution in [2.75, 3.05) is 18.9 Å². The summed E-state index contributed by atoms with van der Waals surface area (Å²) in [6.45, 7) is 6.88. The van der Waals surface area contributed by atoms with E-state index in [0.717, 1.165) is 28.8 Å². The van der Waals surface area contributed by atoms with Gasteiger partial charge < -0.3 is 10.2 Å². The van der Waals surface area contributed by atoms with Crippen molar-refractivity contribution in [1.82, 2.24) is 9.88 Å². The Morgan fingerprint density at radius 3 is 2.57 bits per heavy atom. The molecule has 0 radical (unpaired) electrons. The van der Waals surface area contributed by atoms with Gasteiger partial charge in [0.25, 0.3) is 0 Å². The SMILES string of the molecule is Cc1cccc(C(C)C)c1NC(=O)C1CC1C(=O)N(C)CCc1ccncc1. The molecule has 2 amide bonds. The van der Waals surface area contributed by atoms with E-state index in [9.17, 15) is 9.59 Å². The standard InChI is InChI=1S/C23H29N3O2/c1-15(2)18-7-5-6-16(3)21(18)25-22(27)19-14-20(19)23(28)26(4)13-10-17-8-11-24-12-9-17/h5-9,11-12,15,19-20H,10,13-14H2,1-4H3,(H,25,27). The second kappa shape index (κ2) is 8.55. The molecular formula is C23H29N3O2. The zero-order valence-corrected chi connectivity index (χ0v) is 17.1. The van der Waals surface area contributed by atoms with Crippen LogP contribution in [0.1, 0.15) is 42.9 Å². The minimum absolute atomic E-state index is 0.0444. The summed E-state index contributed by atoms with van der Waals surface area (Å²) in [7, 11) is 1.81. The molecular weight excluding hydrogens is 350 g/mol. The minimum atomic E-state index is -0.226. The fourth-order valence-electron chi connectivity index (χ4n) is 3.56. The Morgan fingerprint density at radius 1 is 1.18 bits per heavy atom. The first-order chi connectivity index (χ1) is 13.4. The fourth-order valence-corrected chi connectivity index (χ4v) is 3.56. The number of carbonyl (C=O) groups excluding carboxylic acids is 2. The number of rotatable bonds is 7. The van der Waals surface area contributed by atoms with Gasteiger partial charge >= 0.3 is 0 Å². The van der Waals surface area contributed by atoms with Crippen molar-refractivity contribution in [3.8, 4) is 0 Å². The van der Waals surface area contributed by atoms with Crippen LogP contribution in [0, 0.1) is 18.8 Å². The van der Waals surface area contributed by atoms with Crippen LogP contribution in [0.2, 0.25) is 0 Å². The van der Waals surface area contributed by atoms with Crippen LogP contribution in [0.25, 0.3) is 0 Å². The van der Waals surface area contributed by atoms with Crippen molar-refractivity contribution in [2.24, 2.45) is 11.8 Å². The maximum atomic E-state index is 12.7. The number of carbonyl (C=O) groups is 2. The van der Waals surface area contributed by atoms with Gasteiger partial charge in [-0.2, -0.15) is 0 Å². The molecule has 1 aliphatic rings. The van der Waals surface area contributed by atoms with Gasteiger partial charge in [0.2, 0.25) is 11.8 Å². The average Bonchev–Trinajstić information content (AvgIpc) is 3.48. The lowest BCUT2D eigenvalue weighted by Crippen LogP contribution is -2.31. The summed E-state index contributed by atoms with van der Waals surface area (Å²) in [6, 6.07) is 9.99. The molecule has 3 rings (SSSR count). The van der Waals surface area contributed by atoms with Crippen molar-refractivity contribution in [3.05, 3.63) is 59.4 Å². The largest absolute Gasteiger partial charge is 0.345 e. The highest BCUT2D eigenvalue weighted by atomic mass is 16.2. The molecule has 0 bridgehead atoms. The number of amides is 2. The van der Waals surface area contributed by atoms with Crippen LogP contribution < -0.4 is 5.32 Å². The quantitative estimate of drug-likeness (QED) is 0.796. The van der Waals surface area contributed by atoms with Gasteiger partial charge in [-0.1, -0.05) is 32.0 Å². The molecule has 0 saturated heterocycles. The molecule has 1 saturated carbocycles. The molecule has 0 aliphatic heterocycles. The highest BCUT2D eigenvalue weighted by Gasteiger charge is 2.49. The molecule has 0 spiro atoms. The molecule has 1 aromatic heterocycles. The van der Waals surface area contributed by atoms with Crippen LogP contribution in [0.5, 0.6) is 0 Å². The van der Waals surface area contributed by atoms with E-state index in [1.807, 2.05) is 38.2 Å². The van der Waals surface area contributed by atoms with Crippen molar-refractivity contribution < 1.29 is 9.59 Å². The van der Waals surface area contributed by atoms with Crippen molar-refractivity contribution in [2.45, 2.75) is 39.5 Å². The smallest absolute Gasteiger partial charge is 0.228 e. The van der Waals surface area contributed by atoms with Crippen LogP contribution in [0.4, 0.5) is 5.69 Å². The number of anilines is 1. The average molecular weight is 380 g/mol. The van der Waals surface area contributed by atoms with E-state index in [-0.39, 0.29) is 23.7 Å². The molecule has 1 aliphatic carbocycles. The number of pyridine rings is 1. The van der Waals surface area contributed by atoms with Crippen molar-refractivity contribution in [3.63, 3.8) is 0 Å². The van der Waals surface area contributed by atoms with Crippen molar-refractivity contribution >= 4 is 17.5 Å². The number of nitrogens with zero attached hydrogens (tertiary/aromatic N) is 2. The first kappa shape index (κ1) is 20.1. The van der Waals surface area contributed by atoms with Gasteiger partial charge in [-0.05, 0) is 54.5 Å². The number of hydrogen-bond acceptors (Lipinski definition) is 3.